The van der Waals surface area contributed by atoms with Crippen LogP contribution in [-0.4, -0.2) is 36.6 Å². The highest BCUT2D eigenvalue weighted by molar-refractivity contribution is 4.89. The third-order valence-corrected chi connectivity index (χ3v) is 5.56. The van der Waals surface area contributed by atoms with Gasteiger partial charge in [-0.2, -0.15) is 0 Å². The Hall–Kier alpha value is -0.0800. The Kier molecular flexibility index (Phi) is 5.92. The van der Waals surface area contributed by atoms with Crippen LogP contribution in [0.3, 0.4) is 0 Å². The summed E-state index contributed by atoms with van der Waals surface area (Å²) in [6.07, 6.45) is 10.1. The quantitative estimate of drug-likeness (QED) is 0.817. The molecule has 118 valence electrons. The van der Waals surface area contributed by atoms with Crippen LogP contribution in [0.25, 0.3) is 0 Å². The van der Waals surface area contributed by atoms with Gasteiger partial charge < -0.3 is 10.2 Å². The Bertz CT molecular complexity index is 280. The summed E-state index contributed by atoms with van der Waals surface area (Å²) < 4.78 is 0. The van der Waals surface area contributed by atoms with E-state index in [4.69, 9.17) is 0 Å². The first-order chi connectivity index (χ1) is 9.52. The molecular formula is C18H36N2. The molecule has 0 radical (unpaired) electrons. The van der Waals surface area contributed by atoms with E-state index in [1.165, 1.54) is 58.0 Å². The van der Waals surface area contributed by atoms with E-state index in [0.717, 1.165) is 18.5 Å². The highest BCUT2D eigenvalue weighted by Gasteiger charge is 2.33. The summed E-state index contributed by atoms with van der Waals surface area (Å²) >= 11 is 0. The molecule has 2 fully saturated rings. The first kappa shape index (κ1) is 16.3. The standard InChI is InChI=1S/C18H36N2/c1-5-19-17(18(2,3)4)12-14-20-13-8-10-15-9-6-7-11-16(15)20/h15-17,19H,5-14H2,1-4H3. The predicted molar refractivity (Wildman–Crippen MR) is 88.1 cm³/mol. The molecular weight excluding hydrogens is 244 g/mol. The van der Waals surface area contributed by atoms with Crippen molar-refractivity contribution in [2.75, 3.05) is 19.6 Å². The third kappa shape index (κ3) is 4.21. The molecule has 1 aliphatic heterocycles. The molecule has 2 heteroatoms. The van der Waals surface area contributed by atoms with Crippen molar-refractivity contribution in [3.05, 3.63) is 0 Å². The molecule has 0 amide bonds. The van der Waals surface area contributed by atoms with Crippen molar-refractivity contribution in [3.63, 3.8) is 0 Å². The second-order valence-corrected chi connectivity index (χ2v) is 8.06. The topological polar surface area (TPSA) is 15.3 Å². The van der Waals surface area contributed by atoms with Crippen LogP contribution < -0.4 is 5.32 Å². The van der Waals surface area contributed by atoms with Crippen molar-refractivity contribution < 1.29 is 0 Å². The zero-order valence-corrected chi connectivity index (χ0v) is 14.3. The van der Waals surface area contributed by atoms with E-state index in [2.05, 4.69) is 37.9 Å². The van der Waals surface area contributed by atoms with Crippen molar-refractivity contribution in [2.45, 2.75) is 84.7 Å². The average Bonchev–Trinajstić information content (AvgIpc) is 2.42. The molecule has 2 rings (SSSR count). The van der Waals surface area contributed by atoms with E-state index >= 15 is 0 Å². The van der Waals surface area contributed by atoms with Gasteiger partial charge in [-0.25, -0.2) is 0 Å². The molecule has 0 aromatic rings. The first-order valence-corrected chi connectivity index (χ1v) is 8.99. The number of likely N-dealkylation sites (tertiary alicyclic amines) is 1. The zero-order valence-electron chi connectivity index (χ0n) is 14.3. The summed E-state index contributed by atoms with van der Waals surface area (Å²) in [7, 11) is 0. The van der Waals surface area contributed by atoms with Gasteiger partial charge in [0.15, 0.2) is 0 Å². The summed E-state index contributed by atoms with van der Waals surface area (Å²) in [4.78, 5) is 2.84. The molecule has 2 aliphatic rings. The number of nitrogens with zero attached hydrogens (tertiary/aromatic N) is 1. The number of piperidine rings is 1. The molecule has 2 nitrogen and oxygen atoms in total. The van der Waals surface area contributed by atoms with Gasteiger partial charge in [-0.3, -0.25) is 0 Å². The van der Waals surface area contributed by atoms with Crippen LogP contribution in [0.15, 0.2) is 0 Å². The molecule has 1 N–H and O–H groups in total. The molecule has 0 spiro atoms. The first-order valence-electron chi connectivity index (χ1n) is 8.99. The Morgan fingerprint density at radius 3 is 2.50 bits per heavy atom. The van der Waals surface area contributed by atoms with Gasteiger partial charge in [0.2, 0.25) is 0 Å². The minimum absolute atomic E-state index is 0.373. The Morgan fingerprint density at radius 2 is 1.80 bits per heavy atom. The van der Waals surface area contributed by atoms with Crippen molar-refractivity contribution in [1.29, 1.82) is 0 Å². The lowest BCUT2D eigenvalue weighted by Crippen LogP contribution is -2.49. The summed E-state index contributed by atoms with van der Waals surface area (Å²) in [6, 6.07) is 1.57. The molecule has 1 saturated carbocycles. The number of nitrogens with one attached hydrogen (secondary N) is 1. The van der Waals surface area contributed by atoms with E-state index in [1.54, 1.807) is 0 Å². The van der Waals surface area contributed by atoms with Crippen molar-refractivity contribution in [3.8, 4) is 0 Å². The largest absolute Gasteiger partial charge is 0.314 e. The summed E-state index contributed by atoms with van der Waals surface area (Å²) in [6.45, 7) is 13.1. The molecule has 0 bridgehead atoms. The summed E-state index contributed by atoms with van der Waals surface area (Å²) in [5, 5.41) is 3.71. The lowest BCUT2D eigenvalue weighted by atomic mass is 9.78. The van der Waals surface area contributed by atoms with Crippen LogP contribution in [-0.2, 0) is 0 Å². The number of hydrogen-bond donors (Lipinski definition) is 1. The summed E-state index contributed by atoms with van der Waals surface area (Å²) in [5.41, 5.74) is 0.373. The summed E-state index contributed by atoms with van der Waals surface area (Å²) in [5.74, 6) is 1.02. The molecule has 1 aliphatic carbocycles. The van der Waals surface area contributed by atoms with Crippen LogP contribution in [0.5, 0.6) is 0 Å². The second kappa shape index (κ2) is 7.26. The van der Waals surface area contributed by atoms with Gasteiger partial charge in [0.25, 0.3) is 0 Å². The van der Waals surface area contributed by atoms with E-state index in [0.29, 0.717) is 11.5 Å². The SMILES string of the molecule is CCNC(CCN1CCCC2CCCCC21)C(C)(C)C. The van der Waals surface area contributed by atoms with Crippen LogP contribution in [0.2, 0.25) is 0 Å². The fraction of sp³-hybridized carbons (Fsp3) is 1.00. The maximum atomic E-state index is 3.71. The predicted octanol–water partition coefficient (Wildman–Crippen LogP) is 4.06. The van der Waals surface area contributed by atoms with E-state index in [9.17, 15) is 0 Å². The van der Waals surface area contributed by atoms with Gasteiger partial charge in [0.05, 0.1) is 0 Å². The lowest BCUT2D eigenvalue weighted by Gasteiger charge is -2.45. The van der Waals surface area contributed by atoms with Gasteiger partial charge in [-0.15, -0.1) is 0 Å². The van der Waals surface area contributed by atoms with Crippen molar-refractivity contribution in [1.82, 2.24) is 10.2 Å². The monoisotopic (exact) mass is 280 g/mol. The number of hydrogen-bond acceptors (Lipinski definition) is 2. The van der Waals surface area contributed by atoms with E-state index in [-0.39, 0.29) is 0 Å². The van der Waals surface area contributed by atoms with E-state index in [1.807, 2.05) is 0 Å². The lowest BCUT2D eigenvalue weighted by molar-refractivity contribution is 0.0536. The second-order valence-electron chi connectivity index (χ2n) is 8.06. The molecule has 20 heavy (non-hydrogen) atoms. The van der Waals surface area contributed by atoms with Gasteiger partial charge in [0.1, 0.15) is 0 Å². The average molecular weight is 280 g/mol. The van der Waals surface area contributed by atoms with Crippen LogP contribution in [0, 0.1) is 11.3 Å². The van der Waals surface area contributed by atoms with Crippen LogP contribution in [0.1, 0.15) is 72.6 Å². The normalized spacial score (nSPS) is 30.0. The van der Waals surface area contributed by atoms with Gasteiger partial charge in [0, 0.05) is 12.1 Å². The smallest absolute Gasteiger partial charge is 0.0128 e. The van der Waals surface area contributed by atoms with Crippen molar-refractivity contribution >= 4 is 0 Å². The Labute approximate surface area is 126 Å². The maximum Gasteiger partial charge on any atom is 0.0128 e. The van der Waals surface area contributed by atoms with Gasteiger partial charge >= 0.3 is 0 Å². The van der Waals surface area contributed by atoms with Crippen molar-refractivity contribution in [2.24, 2.45) is 11.3 Å². The van der Waals surface area contributed by atoms with Gasteiger partial charge in [-0.1, -0.05) is 40.5 Å². The molecule has 3 unspecified atom stereocenters. The highest BCUT2D eigenvalue weighted by Crippen LogP contribution is 2.35. The highest BCUT2D eigenvalue weighted by atomic mass is 15.2. The molecule has 0 aromatic carbocycles. The fourth-order valence-electron chi connectivity index (χ4n) is 4.39. The number of rotatable bonds is 5. The maximum absolute atomic E-state index is 3.71. The van der Waals surface area contributed by atoms with Gasteiger partial charge in [-0.05, 0) is 63.1 Å². The Morgan fingerprint density at radius 1 is 1.10 bits per heavy atom. The third-order valence-electron chi connectivity index (χ3n) is 5.56. The molecule has 0 aromatic heterocycles. The van der Waals surface area contributed by atoms with E-state index < -0.39 is 0 Å². The fourth-order valence-corrected chi connectivity index (χ4v) is 4.39. The van der Waals surface area contributed by atoms with Crippen LogP contribution in [0.4, 0.5) is 0 Å². The molecule has 1 saturated heterocycles. The Balaban J connectivity index is 1.87. The minimum Gasteiger partial charge on any atom is -0.314 e. The zero-order chi connectivity index (χ0) is 14.6. The molecule has 1 heterocycles. The molecule has 3 atom stereocenters. The number of fused-ring (bicyclic) bond motifs is 1. The minimum atomic E-state index is 0.373. The van der Waals surface area contributed by atoms with Crippen LogP contribution >= 0.6 is 0 Å².